The van der Waals surface area contributed by atoms with Crippen molar-refractivity contribution in [3.63, 3.8) is 0 Å². The van der Waals surface area contributed by atoms with E-state index in [1.54, 1.807) is 27.7 Å². The number of benzene rings is 1. The fourth-order valence-electron chi connectivity index (χ4n) is 4.97. The molecule has 0 spiro atoms. The molecule has 1 aliphatic carbocycles. The van der Waals surface area contributed by atoms with Crippen molar-refractivity contribution in [2.45, 2.75) is 50.3 Å². The van der Waals surface area contributed by atoms with E-state index in [-0.39, 0.29) is 30.1 Å². The van der Waals surface area contributed by atoms with Gasteiger partial charge in [-0.15, -0.1) is 0 Å². The van der Waals surface area contributed by atoms with E-state index in [4.69, 9.17) is 4.74 Å². The molecule has 0 radical (unpaired) electrons. The summed E-state index contributed by atoms with van der Waals surface area (Å²) < 4.78 is 8.10. The topological polar surface area (TPSA) is 79.7 Å². The second-order valence-corrected chi connectivity index (χ2v) is 8.94. The molecule has 0 unspecified atom stereocenters. The van der Waals surface area contributed by atoms with Crippen LogP contribution in [0.15, 0.2) is 30.6 Å². The lowest BCUT2D eigenvalue weighted by atomic mass is 9.96. The predicted octanol–water partition coefficient (Wildman–Crippen LogP) is 2.65. The number of carbonyl (C=O) groups is 2. The third kappa shape index (κ3) is 3.75. The maximum Gasteiger partial charge on any atom is 0.317 e. The average molecular weight is 424 g/mol. The normalized spacial score (nSPS) is 23.7. The summed E-state index contributed by atoms with van der Waals surface area (Å²) in [6.45, 7) is 0.951. The molecule has 1 saturated heterocycles. The molecule has 164 valence electrons. The van der Waals surface area contributed by atoms with Crippen LogP contribution in [0.3, 0.4) is 0 Å². The molecule has 5 rings (SSSR count). The van der Waals surface area contributed by atoms with Gasteiger partial charge in [-0.05, 0) is 30.5 Å². The first kappa shape index (κ1) is 19.9. The van der Waals surface area contributed by atoms with E-state index in [1.807, 2.05) is 31.4 Å². The SMILES string of the molecule is CN1C(=O)c2ccc(-c3cnn(C)c3)cc2O[C@H]2CN(C(=O)NC3CCCCC3)C[C@H]21. The lowest BCUT2D eigenvalue weighted by Gasteiger charge is -2.27. The van der Waals surface area contributed by atoms with Crippen molar-refractivity contribution >= 4 is 11.9 Å². The fourth-order valence-corrected chi connectivity index (χ4v) is 4.97. The van der Waals surface area contributed by atoms with Crippen LogP contribution in [0.4, 0.5) is 4.79 Å². The van der Waals surface area contributed by atoms with Crippen LogP contribution in [-0.2, 0) is 7.05 Å². The molecule has 2 fully saturated rings. The molecule has 3 heterocycles. The minimum absolute atomic E-state index is 0.0474. The lowest BCUT2D eigenvalue weighted by Crippen LogP contribution is -2.46. The van der Waals surface area contributed by atoms with Gasteiger partial charge in [0.25, 0.3) is 5.91 Å². The summed E-state index contributed by atoms with van der Waals surface area (Å²) in [7, 11) is 3.67. The molecule has 3 amide bonds. The molecule has 2 aromatic rings. The Bertz CT molecular complexity index is 997. The summed E-state index contributed by atoms with van der Waals surface area (Å²) in [5.41, 5.74) is 2.48. The summed E-state index contributed by atoms with van der Waals surface area (Å²) in [4.78, 5) is 29.5. The number of aromatic nitrogens is 2. The Hall–Kier alpha value is -3.03. The smallest absolute Gasteiger partial charge is 0.317 e. The zero-order valence-corrected chi connectivity index (χ0v) is 18.1. The number of hydrogen-bond acceptors (Lipinski definition) is 4. The van der Waals surface area contributed by atoms with Gasteiger partial charge in [0.15, 0.2) is 0 Å². The maximum absolute atomic E-state index is 13.1. The minimum Gasteiger partial charge on any atom is -0.485 e. The highest BCUT2D eigenvalue weighted by Gasteiger charge is 2.44. The molecule has 1 aromatic heterocycles. The van der Waals surface area contributed by atoms with Crippen molar-refractivity contribution < 1.29 is 14.3 Å². The van der Waals surface area contributed by atoms with Crippen molar-refractivity contribution in [2.75, 3.05) is 20.1 Å². The molecular formula is C23H29N5O3. The summed E-state index contributed by atoms with van der Waals surface area (Å²) in [5, 5.41) is 7.41. The largest absolute Gasteiger partial charge is 0.485 e. The molecular weight excluding hydrogens is 394 g/mol. The number of hydrogen-bond donors (Lipinski definition) is 1. The van der Waals surface area contributed by atoms with Gasteiger partial charge in [-0.1, -0.05) is 25.3 Å². The van der Waals surface area contributed by atoms with Crippen LogP contribution in [0.5, 0.6) is 5.75 Å². The molecule has 8 nitrogen and oxygen atoms in total. The van der Waals surface area contributed by atoms with Crippen LogP contribution < -0.4 is 10.1 Å². The quantitative estimate of drug-likeness (QED) is 0.805. The van der Waals surface area contributed by atoms with Gasteiger partial charge >= 0.3 is 6.03 Å². The number of aryl methyl sites for hydroxylation is 1. The van der Waals surface area contributed by atoms with Gasteiger partial charge < -0.3 is 19.9 Å². The maximum atomic E-state index is 13.1. The molecule has 1 saturated carbocycles. The third-order valence-electron chi connectivity index (χ3n) is 6.80. The van der Waals surface area contributed by atoms with Crippen LogP contribution in [0.25, 0.3) is 11.1 Å². The first-order chi connectivity index (χ1) is 15.0. The van der Waals surface area contributed by atoms with E-state index < -0.39 is 0 Å². The highest BCUT2D eigenvalue weighted by atomic mass is 16.5. The molecule has 3 aliphatic rings. The molecule has 0 bridgehead atoms. The number of amides is 3. The van der Waals surface area contributed by atoms with Gasteiger partial charge in [-0.25, -0.2) is 4.79 Å². The number of carbonyl (C=O) groups excluding carboxylic acids is 2. The fraction of sp³-hybridized carbons (Fsp3) is 0.522. The number of nitrogens with zero attached hydrogens (tertiary/aromatic N) is 4. The number of nitrogens with one attached hydrogen (secondary N) is 1. The van der Waals surface area contributed by atoms with Crippen LogP contribution in [0, 0.1) is 0 Å². The molecule has 8 heteroatoms. The van der Waals surface area contributed by atoms with Gasteiger partial charge in [0.2, 0.25) is 0 Å². The minimum atomic E-state index is -0.253. The standard InChI is InChI=1S/C23H29N5O3/c1-26-12-16(11-24-26)15-8-9-18-20(10-15)31-21-14-28(13-19(21)27(2)22(18)29)23(30)25-17-6-4-3-5-7-17/h8-12,17,19,21H,3-7,13-14H2,1-2H3,(H,25,30)/t19-,21+/m1/s1. The monoisotopic (exact) mass is 423 g/mol. The Morgan fingerprint density at radius 3 is 2.68 bits per heavy atom. The van der Waals surface area contributed by atoms with E-state index in [0.717, 1.165) is 24.0 Å². The Labute approximate surface area is 182 Å². The molecule has 31 heavy (non-hydrogen) atoms. The first-order valence-electron chi connectivity index (χ1n) is 11.1. The van der Waals surface area contributed by atoms with Crippen molar-refractivity contribution in [1.29, 1.82) is 0 Å². The second-order valence-electron chi connectivity index (χ2n) is 8.94. The Morgan fingerprint density at radius 2 is 1.94 bits per heavy atom. The second kappa shape index (κ2) is 7.90. The number of ether oxygens (including phenoxy) is 1. The van der Waals surface area contributed by atoms with Gasteiger partial charge in [0.1, 0.15) is 11.9 Å². The average Bonchev–Trinajstić information content (AvgIpc) is 3.38. The van der Waals surface area contributed by atoms with Crippen LogP contribution in [-0.4, -0.2) is 69.8 Å². The first-order valence-corrected chi connectivity index (χ1v) is 11.1. The highest BCUT2D eigenvalue weighted by molar-refractivity contribution is 5.98. The Kier molecular flexibility index (Phi) is 5.08. The van der Waals surface area contributed by atoms with Crippen molar-refractivity contribution in [3.05, 3.63) is 36.2 Å². The summed E-state index contributed by atoms with van der Waals surface area (Å²) in [6.07, 6.45) is 9.17. The van der Waals surface area contributed by atoms with Gasteiger partial charge in [-0.3, -0.25) is 9.48 Å². The zero-order chi connectivity index (χ0) is 21.5. The van der Waals surface area contributed by atoms with Crippen molar-refractivity contribution in [2.24, 2.45) is 7.05 Å². The van der Waals surface area contributed by atoms with E-state index in [9.17, 15) is 9.59 Å². The lowest BCUT2D eigenvalue weighted by molar-refractivity contribution is 0.0682. The molecule has 2 atom stereocenters. The van der Waals surface area contributed by atoms with E-state index in [1.165, 1.54) is 19.3 Å². The number of likely N-dealkylation sites (N-methyl/N-ethyl adjacent to an activating group) is 1. The van der Waals surface area contributed by atoms with Crippen LogP contribution in [0.2, 0.25) is 0 Å². The van der Waals surface area contributed by atoms with Gasteiger partial charge in [0.05, 0.1) is 24.3 Å². The van der Waals surface area contributed by atoms with Crippen molar-refractivity contribution in [1.82, 2.24) is 24.9 Å². The summed E-state index contributed by atoms with van der Waals surface area (Å²) in [6, 6.07) is 5.70. The Morgan fingerprint density at radius 1 is 1.13 bits per heavy atom. The molecule has 2 aliphatic heterocycles. The Balaban J connectivity index is 1.36. The number of fused-ring (bicyclic) bond motifs is 2. The van der Waals surface area contributed by atoms with E-state index in [2.05, 4.69) is 10.4 Å². The van der Waals surface area contributed by atoms with E-state index in [0.29, 0.717) is 24.4 Å². The molecule has 1 N–H and O–H groups in total. The summed E-state index contributed by atoms with van der Waals surface area (Å²) >= 11 is 0. The molecule has 1 aromatic carbocycles. The van der Waals surface area contributed by atoms with E-state index >= 15 is 0 Å². The zero-order valence-electron chi connectivity index (χ0n) is 18.1. The van der Waals surface area contributed by atoms with Crippen LogP contribution in [0.1, 0.15) is 42.5 Å². The third-order valence-corrected chi connectivity index (χ3v) is 6.80. The van der Waals surface area contributed by atoms with Crippen molar-refractivity contribution in [3.8, 4) is 16.9 Å². The van der Waals surface area contributed by atoms with Crippen LogP contribution >= 0.6 is 0 Å². The number of urea groups is 1. The number of rotatable bonds is 2. The van der Waals surface area contributed by atoms with Gasteiger partial charge in [0, 0.05) is 38.4 Å². The van der Waals surface area contributed by atoms with Gasteiger partial charge in [-0.2, -0.15) is 5.10 Å². The highest BCUT2D eigenvalue weighted by Crippen LogP contribution is 2.34. The summed E-state index contributed by atoms with van der Waals surface area (Å²) in [5.74, 6) is 0.495. The number of likely N-dealkylation sites (tertiary alicyclic amines) is 1. The predicted molar refractivity (Wildman–Crippen MR) is 116 cm³/mol.